The van der Waals surface area contributed by atoms with Crippen LogP contribution in [-0.4, -0.2) is 22.1 Å². The van der Waals surface area contributed by atoms with Gasteiger partial charge in [0.25, 0.3) is 5.69 Å². The van der Waals surface area contributed by atoms with Gasteiger partial charge in [-0.25, -0.2) is 0 Å². The first-order valence-electron chi connectivity index (χ1n) is 4.91. The van der Waals surface area contributed by atoms with E-state index in [1.54, 1.807) is 0 Å². The van der Waals surface area contributed by atoms with Gasteiger partial charge in [0.2, 0.25) is 0 Å². The molecule has 1 aromatic carbocycles. The molecule has 106 valence electrons. The van der Waals surface area contributed by atoms with Crippen molar-refractivity contribution in [1.29, 1.82) is 0 Å². The maximum atomic E-state index is 12.7. The number of alkyl halides is 5. The highest BCUT2D eigenvalue weighted by Gasteiger charge is 2.58. The number of halogens is 5. The van der Waals surface area contributed by atoms with E-state index >= 15 is 0 Å². The van der Waals surface area contributed by atoms with Crippen LogP contribution < -0.4 is 0 Å². The summed E-state index contributed by atoms with van der Waals surface area (Å²) in [5.74, 6) is -5.03. The number of rotatable bonds is 4. The summed E-state index contributed by atoms with van der Waals surface area (Å²) in [6, 6.07) is 3.67. The number of hydrogen-bond acceptors (Lipinski definition) is 3. The number of nitro benzene ring substituents is 1. The molecule has 0 saturated heterocycles. The Labute approximate surface area is 103 Å². The first-order valence-corrected chi connectivity index (χ1v) is 4.91. The van der Waals surface area contributed by atoms with Gasteiger partial charge in [-0.15, -0.1) is 0 Å². The normalized spacial score (nSPS) is 14.2. The predicted molar refractivity (Wildman–Crippen MR) is 53.7 cm³/mol. The van der Waals surface area contributed by atoms with Crippen LogP contribution in [0.15, 0.2) is 24.3 Å². The largest absolute Gasteiger partial charge is 0.453 e. The topological polar surface area (TPSA) is 63.4 Å². The van der Waals surface area contributed by atoms with E-state index in [1.165, 1.54) is 0 Å². The van der Waals surface area contributed by atoms with E-state index in [0.29, 0.717) is 0 Å². The van der Waals surface area contributed by atoms with Crippen molar-refractivity contribution >= 4 is 5.69 Å². The van der Waals surface area contributed by atoms with Gasteiger partial charge in [0.05, 0.1) is 17.4 Å². The molecule has 1 N–H and O–H groups in total. The molecule has 0 radical (unpaired) electrons. The molecule has 1 rings (SSSR count). The Hall–Kier alpha value is -1.77. The second-order valence-electron chi connectivity index (χ2n) is 3.77. The molecular weight excluding hydrogens is 277 g/mol. The zero-order valence-electron chi connectivity index (χ0n) is 9.19. The fourth-order valence-electron chi connectivity index (χ4n) is 1.29. The van der Waals surface area contributed by atoms with Crippen molar-refractivity contribution in [3.05, 3.63) is 39.9 Å². The molecule has 1 atom stereocenters. The third-order valence-electron chi connectivity index (χ3n) is 2.35. The molecule has 0 heterocycles. The van der Waals surface area contributed by atoms with Gasteiger partial charge < -0.3 is 5.11 Å². The smallest absolute Gasteiger partial charge is 0.388 e. The summed E-state index contributed by atoms with van der Waals surface area (Å²) in [6.07, 6.45) is -9.67. The summed E-state index contributed by atoms with van der Waals surface area (Å²) in [7, 11) is 0. The molecule has 1 aromatic rings. The number of nitro groups is 1. The molecule has 0 fully saturated rings. The van der Waals surface area contributed by atoms with Gasteiger partial charge in [-0.1, -0.05) is 0 Å². The molecule has 0 amide bonds. The van der Waals surface area contributed by atoms with E-state index in [2.05, 4.69) is 0 Å². The third-order valence-corrected chi connectivity index (χ3v) is 2.35. The van der Waals surface area contributed by atoms with E-state index in [0.717, 1.165) is 24.3 Å². The number of aliphatic hydroxyl groups is 1. The molecule has 19 heavy (non-hydrogen) atoms. The zero-order valence-corrected chi connectivity index (χ0v) is 9.19. The monoisotopic (exact) mass is 285 g/mol. The fraction of sp³-hybridized carbons (Fsp3) is 0.400. The molecule has 9 heteroatoms. The Morgan fingerprint density at radius 3 is 2.00 bits per heavy atom. The molecule has 0 bridgehead atoms. The average molecular weight is 285 g/mol. The molecule has 0 aliphatic heterocycles. The van der Waals surface area contributed by atoms with Crippen LogP contribution in [0.2, 0.25) is 0 Å². The van der Waals surface area contributed by atoms with Crippen LogP contribution in [0.4, 0.5) is 27.6 Å². The van der Waals surface area contributed by atoms with Gasteiger partial charge in [-0.3, -0.25) is 10.1 Å². The maximum Gasteiger partial charge on any atom is 0.453 e. The Morgan fingerprint density at radius 2 is 1.63 bits per heavy atom. The first-order chi connectivity index (χ1) is 8.54. The van der Waals surface area contributed by atoms with E-state index < -0.39 is 29.5 Å². The van der Waals surface area contributed by atoms with E-state index in [4.69, 9.17) is 0 Å². The van der Waals surface area contributed by atoms with Gasteiger partial charge in [-0.2, -0.15) is 22.0 Å². The minimum absolute atomic E-state index is 0.255. The second-order valence-corrected chi connectivity index (χ2v) is 3.77. The molecule has 0 spiro atoms. The molecule has 0 aliphatic carbocycles. The molecular formula is C10H8F5NO3. The molecule has 1 unspecified atom stereocenters. The number of hydrogen-bond donors (Lipinski definition) is 1. The van der Waals surface area contributed by atoms with Gasteiger partial charge in [-0.05, 0) is 17.7 Å². The van der Waals surface area contributed by atoms with Crippen molar-refractivity contribution in [1.82, 2.24) is 0 Å². The lowest BCUT2D eigenvalue weighted by molar-refractivity contribution is -0.384. The minimum atomic E-state index is -5.76. The number of aliphatic hydroxyl groups excluding tert-OH is 1. The number of benzene rings is 1. The van der Waals surface area contributed by atoms with E-state index in [-0.39, 0.29) is 11.3 Å². The quantitative estimate of drug-likeness (QED) is 0.525. The zero-order chi connectivity index (χ0) is 14.8. The maximum absolute atomic E-state index is 12.7. The average Bonchev–Trinajstić information content (AvgIpc) is 2.27. The van der Waals surface area contributed by atoms with Crippen LogP contribution in [0, 0.1) is 10.1 Å². The SMILES string of the molecule is O=[N+]([O-])c1ccc(C(O)CC(F)(F)C(F)(F)F)cc1. The number of nitrogens with zero attached hydrogens (tertiary/aromatic N) is 1. The summed E-state index contributed by atoms with van der Waals surface area (Å²) >= 11 is 0. The standard InChI is InChI=1S/C10H8F5NO3/c11-9(12,10(13,14)15)5-8(17)6-1-3-7(4-2-6)16(18)19/h1-4,8,17H,5H2. The Kier molecular flexibility index (Phi) is 4.09. The highest BCUT2D eigenvalue weighted by atomic mass is 19.4. The Morgan fingerprint density at radius 1 is 1.16 bits per heavy atom. The summed E-state index contributed by atoms with van der Waals surface area (Å²) in [5, 5.41) is 19.6. The highest BCUT2D eigenvalue weighted by molar-refractivity contribution is 5.33. The van der Waals surface area contributed by atoms with Crippen molar-refractivity contribution in [3.8, 4) is 0 Å². The first kappa shape index (κ1) is 15.3. The Balaban J connectivity index is 2.84. The summed E-state index contributed by atoms with van der Waals surface area (Å²) in [5.41, 5.74) is -0.618. The predicted octanol–water partition coefficient (Wildman–Crippen LogP) is 3.22. The van der Waals surface area contributed by atoms with Crippen molar-refractivity contribution in [2.24, 2.45) is 0 Å². The van der Waals surface area contributed by atoms with Gasteiger partial charge in [0, 0.05) is 12.1 Å². The lowest BCUT2D eigenvalue weighted by atomic mass is 10.0. The molecule has 0 aliphatic rings. The van der Waals surface area contributed by atoms with Crippen LogP contribution in [-0.2, 0) is 0 Å². The summed E-state index contributed by atoms with van der Waals surface area (Å²) in [6.45, 7) is 0. The van der Waals surface area contributed by atoms with Crippen LogP contribution >= 0.6 is 0 Å². The van der Waals surface area contributed by atoms with Crippen molar-refractivity contribution in [3.63, 3.8) is 0 Å². The van der Waals surface area contributed by atoms with Crippen LogP contribution in [0.25, 0.3) is 0 Å². The van der Waals surface area contributed by atoms with Crippen molar-refractivity contribution in [2.75, 3.05) is 0 Å². The van der Waals surface area contributed by atoms with Gasteiger partial charge >= 0.3 is 12.1 Å². The summed E-state index contributed by atoms with van der Waals surface area (Å²) < 4.78 is 61.1. The highest BCUT2D eigenvalue weighted by Crippen LogP contribution is 2.41. The molecule has 0 aromatic heterocycles. The van der Waals surface area contributed by atoms with Crippen LogP contribution in [0.5, 0.6) is 0 Å². The van der Waals surface area contributed by atoms with Crippen LogP contribution in [0.1, 0.15) is 18.1 Å². The lowest BCUT2D eigenvalue weighted by Crippen LogP contribution is -2.37. The van der Waals surface area contributed by atoms with E-state index in [1.807, 2.05) is 0 Å². The Bertz CT molecular complexity index is 457. The lowest BCUT2D eigenvalue weighted by Gasteiger charge is -2.22. The molecule has 0 saturated carbocycles. The number of non-ortho nitro benzene ring substituents is 1. The minimum Gasteiger partial charge on any atom is -0.388 e. The second kappa shape index (κ2) is 5.08. The van der Waals surface area contributed by atoms with Gasteiger partial charge in [0.1, 0.15) is 0 Å². The molecule has 4 nitrogen and oxygen atoms in total. The van der Waals surface area contributed by atoms with Crippen LogP contribution in [0.3, 0.4) is 0 Å². The van der Waals surface area contributed by atoms with Gasteiger partial charge in [0.15, 0.2) is 0 Å². The summed E-state index contributed by atoms with van der Waals surface area (Å²) in [4.78, 5) is 9.55. The fourth-order valence-corrected chi connectivity index (χ4v) is 1.29. The van der Waals surface area contributed by atoms with E-state index in [9.17, 15) is 37.2 Å². The third kappa shape index (κ3) is 3.60. The van der Waals surface area contributed by atoms with Crippen molar-refractivity contribution in [2.45, 2.75) is 24.6 Å². The van der Waals surface area contributed by atoms with Crippen molar-refractivity contribution < 1.29 is 32.0 Å².